The van der Waals surface area contributed by atoms with E-state index < -0.39 is 59.3 Å². The van der Waals surface area contributed by atoms with Gasteiger partial charge >= 0.3 is 11.7 Å². The van der Waals surface area contributed by atoms with Crippen LogP contribution in [0.25, 0.3) is 21.9 Å². The number of aromatic amines is 1. The summed E-state index contributed by atoms with van der Waals surface area (Å²) in [4.78, 5) is 40.3. The second-order valence-electron chi connectivity index (χ2n) is 10.1. The number of amides is 2. The molecule has 6 N–H and O–H groups in total. The number of fused-ring (bicyclic) bond motifs is 2. The van der Waals surface area contributed by atoms with Gasteiger partial charge in [0.1, 0.15) is 17.4 Å². The van der Waals surface area contributed by atoms with Crippen molar-refractivity contribution in [1.82, 2.24) is 4.98 Å². The Hall–Kier alpha value is -4.59. The molecule has 2 aromatic carbocycles. The van der Waals surface area contributed by atoms with Crippen molar-refractivity contribution >= 4 is 39.6 Å². The van der Waals surface area contributed by atoms with E-state index in [4.69, 9.17) is 29.1 Å². The number of nitrogens with two attached hydrogens (primary N) is 1. The number of aliphatic hydroxyl groups excluding tert-OH is 1. The molecule has 13 nitrogen and oxygen atoms in total. The minimum Gasteiger partial charge on any atom is -0.505 e. The van der Waals surface area contributed by atoms with Crippen molar-refractivity contribution in [2.75, 3.05) is 12.4 Å². The molecule has 2 amide bonds. The van der Waals surface area contributed by atoms with Crippen LogP contribution in [0.15, 0.2) is 51.8 Å². The van der Waals surface area contributed by atoms with Gasteiger partial charge in [0, 0.05) is 29.8 Å². The van der Waals surface area contributed by atoms with Crippen molar-refractivity contribution < 1.29 is 43.2 Å². The van der Waals surface area contributed by atoms with Crippen LogP contribution in [-0.4, -0.2) is 64.5 Å². The summed E-state index contributed by atoms with van der Waals surface area (Å²) in [6, 6.07) is 10.0. The Morgan fingerprint density at radius 3 is 2.59 bits per heavy atom. The molecule has 1 fully saturated rings. The highest BCUT2D eigenvalue weighted by molar-refractivity contribution is 6.13. The number of aromatic nitrogens is 1. The van der Waals surface area contributed by atoms with Crippen molar-refractivity contribution in [3.8, 4) is 11.5 Å². The van der Waals surface area contributed by atoms with Crippen LogP contribution in [0.1, 0.15) is 29.8 Å². The van der Waals surface area contributed by atoms with Gasteiger partial charge in [-0.15, -0.1) is 0 Å². The molecule has 13 heteroatoms. The number of aryl methyl sites for hydroxylation is 1. The van der Waals surface area contributed by atoms with E-state index in [0.717, 1.165) is 5.52 Å². The van der Waals surface area contributed by atoms with Crippen molar-refractivity contribution in [1.29, 1.82) is 0 Å². The van der Waals surface area contributed by atoms with Crippen LogP contribution in [0.2, 0.25) is 0 Å². The van der Waals surface area contributed by atoms with E-state index in [1.807, 2.05) is 6.07 Å². The number of ether oxygens (including phenoxy) is 4. The second-order valence-corrected chi connectivity index (χ2v) is 10.1. The monoisotopic (exact) mass is 567 g/mol. The first-order valence-electron chi connectivity index (χ1n) is 12.6. The van der Waals surface area contributed by atoms with Gasteiger partial charge in [0.15, 0.2) is 23.6 Å². The zero-order chi connectivity index (χ0) is 29.6. The van der Waals surface area contributed by atoms with Crippen LogP contribution >= 0.6 is 0 Å². The summed E-state index contributed by atoms with van der Waals surface area (Å²) in [6.45, 7) is 4.90. The average molecular weight is 568 g/mol. The van der Waals surface area contributed by atoms with E-state index >= 15 is 0 Å². The first-order valence-corrected chi connectivity index (χ1v) is 12.6. The number of hydrogen-bond acceptors (Lipinski definition) is 10. The lowest BCUT2D eigenvalue weighted by molar-refractivity contribution is -0.304. The molecule has 216 valence electrons. The fraction of sp³-hybridized carbons (Fsp3) is 0.321. The largest absolute Gasteiger partial charge is 0.505 e. The number of H-pyrrole nitrogens is 1. The summed E-state index contributed by atoms with van der Waals surface area (Å²) in [5.41, 5.74) is 3.99. The fourth-order valence-corrected chi connectivity index (χ4v) is 5.11. The minimum absolute atomic E-state index is 0.0145. The molecule has 4 atom stereocenters. The van der Waals surface area contributed by atoms with Crippen molar-refractivity contribution in [2.24, 2.45) is 5.73 Å². The number of primary amides is 1. The molecule has 0 bridgehead atoms. The fourth-order valence-electron chi connectivity index (χ4n) is 5.11. The number of para-hydroxylation sites is 1. The third-order valence-corrected chi connectivity index (χ3v) is 7.09. The Morgan fingerprint density at radius 1 is 1.15 bits per heavy atom. The lowest BCUT2D eigenvalue weighted by Gasteiger charge is -2.47. The molecule has 0 radical (unpaired) electrons. The molecule has 1 saturated heterocycles. The highest BCUT2D eigenvalue weighted by atomic mass is 16.7. The zero-order valence-corrected chi connectivity index (χ0v) is 22.6. The topological polar surface area (TPSA) is 196 Å². The van der Waals surface area contributed by atoms with E-state index in [0.29, 0.717) is 10.9 Å². The van der Waals surface area contributed by atoms with Gasteiger partial charge in [-0.2, -0.15) is 0 Å². The van der Waals surface area contributed by atoms with Crippen molar-refractivity contribution in [2.45, 2.75) is 51.0 Å². The lowest BCUT2D eigenvalue weighted by atomic mass is 9.89. The number of nitrogens with one attached hydrogen (secondary N) is 2. The van der Waals surface area contributed by atoms with E-state index in [-0.39, 0.29) is 22.3 Å². The third-order valence-electron chi connectivity index (χ3n) is 7.09. The molecular weight excluding hydrogens is 538 g/mol. The minimum atomic E-state index is -1.50. The number of aromatic hydroxyl groups is 1. The van der Waals surface area contributed by atoms with Crippen LogP contribution in [0, 0.1) is 6.92 Å². The average Bonchev–Trinajstić information content (AvgIpc) is 3.35. The summed E-state index contributed by atoms with van der Waals surface area (Å²) in [7, 11) is 1.38. The number of anilines is 1. The van der Waals surface area contributed by atoms with Gasteiger partial charge in [0.2, 0.25) is 6.29 Å². The Balaban J connectivity index is 1.45. The Labute approximate surface area is 232 Å². The van der Waals surface area contributed by atoms with Crippen LogP contribution in [0.4, 0.5) is 10.5 Å². The normalized spacial score (nSPS) is 22.0. The van der Waals surface area contributed by atoms with Crippen molar-refractivity contribution in [3.63, 3.8) is 0 Å². The maximum atomic E-state index is 13.0. The number of aliphatic hydroxyl groups is 1. The van der Waals surface area contributed by atoms with Crippen LogP contribution in [0.5, 0.6) is 11.5 Å². The van der Waals surface area contributed by atoms with Crippen molar-refractivity contribution in [3.05, 3.63) is 64.1 Å². The summed E-state index contributed by atoms with van der Waals surface area (Å²) in [6.07, 6.45) is -4.53. The number of benzene rings is 2. The lowest BCUT2D eigenvalue weighted by Crippen LogP contribution is -2.65. The van der Waals surface area contributed by atoms with E-state index in [1.165, 1.54) is 25.4 Å². The van der Waals surface area contributed by atoms with Gasteiger partial charge in [-0.05, 0) is 39.0 Å². The van der Waals surface area contributed by atoms with Gasteiger partial charge in [0.25, 0.3) is 5.91 Å². The van der Waals surface area contributed by atoms with Gasteiger partial charge in [-0.3, -0.25) is 4.79 Å². The SMILES string of the molecule is CO[C@@H]1[C@@H](OC(N)=O)[C@@H](O)[C@H](Oc2ccc3c(O)c(NC(=O)c4c[nH]c5ccccc45)c(=O)oc3c2C)OC1(C)C. The smallest absolute Gasteiger partial charge is 0.404 e. The Kier molecular flexibility index (Phi) is 7.11. The number of carbonyl (C=O) groups excluding carboxylic acids is 2. The Bertz CT molecular complexity index is 1710. The predicted octanol–water partition coefficient (Wildman–Crippen LogP) is 2.89. The molecular formula is C28H29N3O10. The standard InChI is InChI=1S/C28H29N3O10/c1-12-17(38-26-20(33)22(40-27(29)36)23(37-4)28(2,3)41-26)10-9-14-19(32)18(25(35)39-21(12)14)31-24(34)15-11-30-16-8-6-5-7-13(15)16/h5-11,20,22-23,26,30,32-33H,1-4H3,(H2,29,36)(H,31,34)/t20-,22+,23-,26-/m1/s1. The Morgan fingerprint density at radius 2 is 1.88 bits per heavy atom. The summed E-state index contributed by atoms with van der Waals surface area (Å²) >= 11 is 0. The highest BCUT2D eigenvalue weighted by Gasteiger charge is 2.53. The molecule has 1 aliphatic rings. The van der Waals surface area contributed by atoms with Gasteiger partial charge in [-0.1, -0.05) is 18.2 Å². The van der Waals surface area contributed by atoms with Crippen LogP contribution in [-0.2, 0) is 14.2 Å². The molecule has 41 heavy (non-hydrogen) atoms. The molecule has 5 rings (SSSR count). The number of hydrogen-bond donors (Lipinski definition) is 5. The zero-order valence-electron chi connectivity index (χ0n) is 22.6. The van der Waals surface area contributed by atoms with Gasteiger partial charge in [-0.25, -0.2) is 9.59 Å². The number of methoxy groups -OCH3 is 1. The van der Waals surface area contributed by atoms with E-state index in [9.17, 15) is 24.6 Å². The van der Waals surface area contributed by atoms with Gasteiger partial charge < -0.3 is 49.6 Å². The van der Waals surface area contributed by atoms with E-state index in [2.05, 4.69) is 10.3 Å². The quantitative estimate of drug-likeness (QED) is 0.216. The maximum absolute atomic E-state index is 13.0. The number of carbonyl (C=O) groups is 2. The highest BCUT2D eigenvalue weighted by Crippen LogP contribution is 2.38. The maximum Gasteiger partial charge on any atom is 0.404 e. The molecule has 1 aliphatic heterocycles. The summed E-state index contributed by atoms with van der Waals surface area (Å²) in [5, 5.41) is 25.1. The summed E-state index contributed by atoms with van der Waals surface area (Å²) < 4.78 is 27.9. The van der Waals surface area contributed by atoms with Crippen LogP contribution < -0.4 is 21.4 Å². The number of rotatable bonds is 6. The molecule has 0 unspecified atom stereocenters. The molecule has 3 heterocycles. The van der Waals surface area contributed by atoms with Gasteiger partial charge in [0.05, 0.1) is 16.6 Å². The third kappa shape index (κ3) is 4.94. The van der Waals surface area contributed by atoms with Crippen LogP contribution in [0.3, 0.4) is 0 Å². The molecule has 4 aromatic rings. The first-order chi connectivity index (χ1) is 19.4. The molecule has 2 aromatic heterocycles. The molecule has 0 saturated carbocycles. The predicted molar refractivity (Wildman–Crippen MR) is 146 cm³/mol. The van der Waals surface area contributed by atoms with E-state index in [1.54, 1.807) is 39.0 Å². The summed E-state index contributed by atoms with van der Waals surface area (Å²) in [5.74, 6) is -0.967. The second kappa shape index (κ2) is 10.4. The first kappa shape index (κ1) is 28.0. The molecule has 0 aliphatic carbocycles. The molecule has 0 spiro atoms.